The van der Waals surface area contributed by atoms with E-state index in [1.807, 2.05) is 0 Å². The number of carboxylic acids is 1. The van der Waals surface area contributed by atoms with Crippen molar-refractivity contribution in [1.29, 1.82) is 0 Å². The Bertz CT molecular complexity index is 508. The molecule has 0 unspecified atom stereocenters. The molecule has 18 heavy (non-hydrogen) atoms. The predicted molar refractivity (Wildman–Crippen MR) is 67.6 cm³/mol. The van der Waals surface area contributed by atoms with Crippen molar-refractivity contribution in [2.75, 3.05) is 27.3 Å². The Balaban J connectivity index is 2.81. The highest BCUT2D eigenvalue weighted by Gasteiger charge is 2.23. The molecular formula is C10H15NO5S2. The summed E-state index contributed by atoms with van der Waals surface area (Å²) >= 11 is 0.911. The van der Waals surface area contributed by atoms with Crippen molar-refractivity contribution >= 4 is 27.3 Å². The monoisotopic (exact) mass is 293 g/mol. The Hall–Kier alpha value is -0.960. The molecule has 6 nitrogen and oxygen atoms in total. The molecule has 1 aromatic rings. The summed E-state index contributed by atoms with van der Waals surface area (Å²) in [7, 11) is -0.587. The lowest BCUT2D eigenvalue weighted by Crippen LogP contribution is -2.28. The van der Waals surface area contributed by atoms with Crippen molar-refractivity contribution in [2.45, 2.75) is 10.6 Å². The Morgan fingerprint density at radius 3 is 2.72 bits per heavy atom. The van der Waals surface area contributed by atoms with Crippen LogP contribution in [0.3, 0.4) is 0 Å². The molecule has 0 aromatic carbocycles. The van der Waals surface area contributed by atoms with Crippen LogP contribution < -0.4 is 0 Å². The fraction of sp³-hybridized carbons (Fsp3) is 0.500. The largest absolute Gasteiger partial charge is 0.478 e. The van der Waals surface area contributed by atoms with Crippen LogP contribution in [-0.4, -0.2) is 51.1 Å². The van der Waals surface area contributed by atoms with Gasteiger partial charge in [0.05, 0.1) is 5.56 Å². The Kier molecular flexibility index (Phi) is 5.27. The summed E-state index contributed by atoms with van der Waals surface area (Å²) in [6.45, 7) is 0.807. The average Bonchev–Trinajstić information content (AvgIpc) is 2.79. The summed E-state index contributed by atoms with van der Waals surface area (Å²) < 4.78 is 30.2. The van der Waals surface area contributed by atoms with Crippen LogP contribution in [0.4, 0.5) is 0 Å². The first kappa shape index (κ1) is 15.1. The molecule has 1 N–H and O–H groups in total. The first-order valence-electron chi connectivity index (χ1n) is 5.16. The minimum absolute atomic E-state index is 0.0103. The van der Waals surface area contributed by atoms with Crippen LogP contribution in [0.15, 0.2) is 15.7 Å². The molecule has 0 aliphatic heterocycles. The Labute approximate surface area is 110 Å². The maximum absolute atomic E-state index is 12.1. The lowest BCUT2D eigenvalue weighted by atomic mass is 10.4. The number of thiophene rings is 1. The molecule has 102 valence electrons. The molecular weight excluding hydrogens is 278 g/mol. The number of aromatic carboxylic acids is 1. The van der Waals surface area contributed by atoms with E-state index in [-0.39, 0.29) is 9.77 Å². The third-order valence-electron chi connectivity index (χ3n) is 2.31. The van der Waals surface area contributed by atoms with Crippen LogP contribution in [0.1, 0.15) is 16.8 Å². The molecule has 1 rings (SSSR count). The van der Waals surface area contributed by atoms with Gasteiger partial charge in [-0.05, 0) is 12.5 Å². The van der Waals surface area contributed by atoms with E-state index in [0.29, 0.717) is 19.6 Å². The smallest absolute Gasteiger partial charge is 0.336 e. The van der Waals surface area contributed by atoms with Gasteiger partial charge in [0.15, 0.2) is 0 Å². The maximum Gasteiger partial charge on any atom is 0.336 e. The summed E-state index contributed by atoms with van der Waals surface area (Å²) in [6, 6.07) is 1.18. The predicted octanol–water partition coefficient (Wildman–Crippen LogP) is 1.10. The summed E-state index contributed by atoms with van der Waals surface area (Å²) in [5.74, 6) is -1.13. The summed E-state index contributed by atoms with van der Waals surface area (Å²) in [5.41, 5.74) is -0.0103. The van der Waals surface area contributed by atoms with Gasteiger partial charge in [-0.15, -0.1) is 11.3 Å². The number of carbonyl (C=O) groups is 1. The number of methoxy groups -OCH3 is 1. The summed E-state index contributed by atoms with van der Waals surface area (Å²) in [6.07, 6.45) is 0.587. The molecule has 0 spiro atoms. The van der Waals surface area contributed by atoms with Crippen molar-refractivity contribution in [2.24, 2.45) is 0 Å². The van der Waals surface area contributed by atoms with Gasteiger partial charge in [-0.2, -0.15) is 0 Å². The van der Waals surface area contributed by atoms with Gasteiger partial charge in [-0.25, -0.2) is 17.5 Å². The standard InChI is InChI=1S/C10H15NO5S2/c1-11(4-3-5-16-2)18(14,15)9-6-8(7-17-9)10(12)13/h6-7H,3-5H2,1-2H3,(H,12,13). The molecule has 1 aromatic heterocycles. The van der Waals surface area contributed by atoms with Crippen LogP contribution in [0.25, 0.3) is 0 Å². The van der Waals surface area contributed by atoms with Gasteiger partial charge < -0.3 is 9.84 Å². The van der Waals surface area contributed by atoms with E-state index in [9.17, 15) is 13.2 Å². The molecule has 0 saturated heterocycles. The number of sulfonamides is 1. The van der Waals surface area contributed by atoms with Crippen molar-refractivity contribution < 1.29 is 23.1 Å². The second-order valence-electron chi connectivity index (χ2n) is 3.63. The quantitative estimate of drug-likeness (QED) is 0.761. The normalized spacial score (nSPS) is 11.9. The lowest BCUT2D eigenvalue weighted by molar-refractivity contribution is 0.0697. The molecule has 0 aliphatic rings. The van der Waals surface area contributed by atoms with Gasteiger partial charge in [-0.3, -0.25) is 0 Å². The summed E-state index contributed by atoms with van der Waals surface area (Å²) in [5, 5.41) is 10.1. The third-order valence-corrected chi connectivity index (χ3v) is 5.58. The van der Waals surface area contributed by atoms with Gasteiger partial charge in [0.25, 0.3) is 10.0 Å². The zero-order valence-corrected chi connectivity index (χ0v) is 11.8. The van der Waals surface area contributed by atoms with Gasteiger partial charge in [0.2, 0.25) is 0 Å². The number of hydrogen-bond donors (Lipinski definition) is 1. The third kappa shape index (κ3) is 3.52. The van der Waals surface area contributed by atoms with Gasteiger partial charge >= 0.3 is 5.97 Å². The van der Waals surface area contributed by atoms with Gasteiger partial charge in [0, 0.05) is 32.7 Å². The molecule has 8 heteroatoms. The van der Waals surface area contributed by atoms with E-state index in [2.05, 4.69) is 0 Å². The minimum atomic E-state index is -3.60. The fourth-order valence-corrected chi connectivity index (χ4v) is 3.84. The highest BCUT2D eigenvalue weighted by atomic mass is 32.2. The van der Waals surface area contributed by atoms with Gasteiger partial charge in [0.1, 0.15) is 4.21 Å². The molecule has 0 amide bonds. The molecule has 0 aliphatic carbocycles. The number of nitrogens with zero attached hydrogens (tertiary/aromatic N) is 1. The second kappa shape index (κ2) is 6.28. The van der Waals surface area contributed by atoms with Crippen LogP contribution in [0.2, 0.25) is 0 Å². The maximum atomic E-state index is 12.1. The highest BCUT2D eigenvalue weighted by molar-refractivity contribution is 7.91. The van der Waals surface area contributed by atoms with Crippen LogP contribution in [0.5, 0.6) is 0 Å². The van der Waals surface area contributed by atoms with E-state index in [1.54, 1.807) is 7.11 Å². The topological polar surface area (TPSA) is 83.9 Å². The number of hydrogen-bond acceptors (Lipinski definition) is 5. The number of rotatable bonds is 7. The Morgan fingerprint density at radius 1 is 1.56 bits per heavy atom. The molecule has 0 saturated carbocycles. The van der Waals surface area contributed by atoms with Crippen molar-refractivity contribution in [1.82, 2.24) is 4.31 Å². The first-order valence-corrected chi connectivity index (χ1v) is 7.48. The lowest BCUT2D eigenvalue weighted by Gasteiger charge is -2.15. The molecule has 0 fully saturated rings. The summed E-state index contributed by atoms with van der Waals surface area (Å²) in [4.78, 5) is 10.7. The zero-order valence-electron chi connectivity index (χ0n) is 10.1. The van der Waals surface area contributed by atoms with Crippen LogP contribution in [-0.2, 0) is 14.8 Å². The van der Waals surface area contributed by atoms with E-state index in [1.165, 1.54) is 22.8 Å². The SMILES string of the molecule is COCCCN(C)S(=O)(=O)c1cc(C(=O)O)cs1. The molecule has 0 bridgehead atoms. The van der Waals surface area contributed by atoms with E-state index in [4.69, 9.17) is 9.84 Å². The minimum Gasteiger partial charge on any atom is -0.478 e. The van der Waals surface area contributed by atoms with E-state index in [0.717, 1.165) is 11.3 Å². The second-order valence-corrected chi connectivity index (χ2v) is 6.82. The van der Waals surface area contributed by atoms with E-state index >= 15 is 0 Å². The molecule has 1 heterocycles. The number of carboxylic acid groups (broad SMARTS) is 1. The Morgan fingerprint density at radius 2 is 2.22 bits per heavy atom. The molecule has 0 atom stereocenters. The van der Waals surface area contributed by atoms with Crippen molar-refractivity contribution in [3.63, 3.8) is 0 Å². The highest BCUT2D eigenvalue weighted by Crippen LogP contribution is 2.23. The average molecular weight is 293 g/mol. The van der Waals surface area contributed by atoms with Crippen LogP contribution >= 0.6 is 11.3 Å². The van der Waals surface area contributed by atoms with Crippen LogP contribution in [0, 0.1) is 0 Å². The number of ether oxygens (including phenoxy) is 1. The first-order chi connectivity index (χ1) is 8.39. The van der Waals surface area contributed by atoms with Gasteiger partial charge in [-0.1, -0.05) is 0 Å². The van der Waals surface area contributed by atoms with E-state index < -0.39 is 16.0 Å². The fourth-order valence-electron chi connectivity index (χ4n) is 1.27. The zero-order chi connectivity index (χ0) is 13.8. The van der Waals surface area contributed by atoms with Crippen molar-refractivity contribution in [3.05, 3.63) is 17.0 Å². The molecule has 0 radical (unpaired) electrons. The van der Waals surface area contributed by atoms with Crippen molar-refractivity contribution in [3.8, 4) is 0 Å².